The number of benzene rings is 6. The Bertz CT molecular complexity index is 2930. The number of hydrogen-bond acceptors (Lipinski definition) is 0. The van der Waals surface area contributed by atoms with Crippen LogP contribution in [-0.4, -0.2) is 19.9 Å². The van der Waals surface area contributed by atoms with Crippen molar-refractivity contribution in [2.45, 2.75) is 79.5 Å². The SMILES string of the molecule is CC1C(C)C(C)C([Si](C)(C)[N-]C(C)(C)C)C1C.C[B-](c1c(F)c(F)c2c(F)c(F)c(F)c(F)c2c1F)(c1c(F)c(F)c2c(F)c(F)c(F)c(F)c2c1F)c1c(F)c(F)c2c(F)c(F)c(F)c(F)c2c1F.[CH3-].[Ti+4]. The first-order valence-electron chi connectivity index (χ1n) is 20.9. The molecule has 25 heteroatoms. The summed E-state index contributed by atoms with van der Waals surface area (Å²) in [6, 6.07) is 0. The molecule has 1 aliphatic carbocycles. The Morgan fingerprint density at radius 2 is 0.514 bits per heavy atom. The molecule has 0 radical (unpaired) electrons. The molecule has 1 fully saturated rings. The van der Waals surface area contributed by atoms with Crippen LogP contribution in [0.5, 0.6) is 0 Å². The quantitative estimate of drug-likeness (QED) is 0.0537. The van der Waals surface area contributed by atoms with E-state index in [1.165, 1.54) is 0 Å². The fourth-order valence-electron chi connectivity index (χ4n) is 10.8. The second-order valence-corrected chi connectivity index (χ2v) is 23.5. The summed E-state index contributed by atoms with van der Waals surface area (Å²) < 4.78 is 317. The molecule has 4 unspecified atom stereocenters. The first kappa shape index (κ1) is 60.1. The number of hydrogen-bond donors (Lipinski definition) is 0. The largest absolute Gasteiger partial charge is 4.00 e. The van der Waals surface area contributed by atoms with Gasteiger partial charge in [-0.25, -0.2) is 92.2 Å². The van der Waals surface area contributed by atoms with Crippen LogP contribution in [0.15, 0.2) is 0 Å². The molecule has 0 N–H and O–H groups in total. The Labute approximate surface area is 413 Å². The fraction of sp³-hybridized carbons (Fsp3) is 0.340. The zero-order valence-corrected chi connectivity index (χ0v) is 41.9. The minimum atomic E-state index is -5.99. The topological polar surface area (TPSA) is 14.1 Å². The second-order valence-electron chi connectivity index (χ2n) is 19.3. The van der Waals surface area contributed by atoms with Gasteiger partial charge in [0.25, 0.3) is 0 Å². The minimum Gasteiger partial charge on any atom is -0.660 e. The predicted molar refractivity (Wildman–Crippen MR) is 229 cm³/mol. The molecule has 0 saturated heterocycles. The van der Waals surface area contributed by atoms with Crippen molar-refractivity contribution in [3.63, 3.8) is 0 Å². The monoisotopic (exact) mass is 1100 g/mol. The first-order valence-corrected chi connectivity index (χ1v) is 23.9. The van der Waals surface area contributed by atoms with Gasteiger partial charge in [-0.05, 0) is 23.7 Å². The van der Waals surface area contributed by atoms with Gasteiger partial charge in [0.15, 0.2) is 87.3 Å². The fourth-order valence-corrected chi connectivity index (χ4v) is 15.8. The molecule has 6 aromatic carbocycles. The van der Waals surface area contributed by atoms with Gasteiger partial charge >= 0.3 is 21.7 Å². The van der Waals surface area contributed by atoms with Crippen molar-refractivity contribution in [2.24, 2.45) is 23.7 Å². The summed E-state index contributed by atoms with van der Waals surface area (Å²) in [7, 11) is -1.49. The molecule has 0 amide bonds. The summed E-state index contributed by atoms with van der Waals surface area (Å²) in [6.07, 6.45) is -5.99. The number of halogens is 21. The summed E-state index contributed by atoms with van der Waals surface area (Å²) >= 11 is 0. The minimum absolute atomic E-state index is 0. The van der Waals surface area contributed by atoms with Gasteiger partial charge in [-0.3, -0.25) is 0 Å². The van der Waals surface area contributed by atoms with Gasteiger partial charge in [-0.2, -0.15) is 6.82 Å². The van der Waals surface area contributed by atoms with Gasteiger partial charge in [0, 0.05) is 0 Å². The van der Waals surface area contributed by atoms with Crippen LogP contribution in [0.2, 0.25) is 25.5 Å². The van der Waals surface area contributed by atoms with E-state index >= 15 is 39.5 Å². The van der Waals surface area contributed by atoms with E-state index < -0.39 is 192 Å². The van der Waals surface area contributed by atoms with Crippen molar-refractivity contribution in [1.82, 2.24) is 0 Å². The summed E-state index contributed by atoms with van der Waals surface area (Å²) in [5.74, 6) is -61.7. The van der Waals surface area contributed by atoms with Crippen LogP contribution < -0.4 is 16.4 Å². The van der Waals surface area contributed by atoms with E-state index in [-0.39, 0.29) is 34.7 Å². The van der Waals surface area contributed by atoms with E-state index in [2.05, 4.69) is 61.6 Å². The third-order valence-corrected chi connectivity index (χ3v) is 17.8. The number of rotatable bonds is 5. The summed E-state index contributed by atoms with van der Waals surface area (Å²) in [5.41, 5.74) is -7.77. The molecule has 6 aromatic rings. The molecule has 1 aliphatic rings. The smallest absolute Gasteiger partial charge is 0.660 e. The molecule has 388 valence electrons. The molecular formula is C47H38BF21NSiTi+. The zero-order valence-electron chi connectivity index (χ0n) is 39.3. The summed E-state index contributed by atoms with van der Waals surface area (Å²) in [4.78, 5) is 5.23. The molecule has 0 heterocycles. The van der Waals surface area contributed by atoms with Crippen LogP contribution in [0.3, 0.4) is 0 Å². The molecule has 0 bridgehead atoms. The maximum absolute atomic E-state index is 16.4. The van der Waals surface area contributed by atoms with Gasteiger partial charge in [0.1, 0.15) is 41.0 Å². The van der Waals surface area contributed by atoms with E-state index in [0.717, 1.165) is 29.2 Å². The van der Waals surface area contributed by atoms with Crippen LogP contribution >= 0.6 is 0 Å². The van der Waals surface area contributed by atoms with Gasteiger partial charge < -0.3 is 12.4 Å². The van der Waals surface area contributed by atoms with Gasteiger partial charge in [-0.15, -0.1) is 21.9 Å². The summed E-state index contributed by atoms with van der Waals surface area (Å²) in [5, 5.41) is -15.5. The molecule has 0 aromatic heterocycles. The third kappa shape index (κ3) is 8.68. The van der Waals surface area contributed by atoms with Crippen LogP contribution in [0.1, 0.15) is 48.5 Å². The van der Waals surface area contributed by atoms with E-state index in [1.54, 1.807) is 0 Å². The van der Waals surface area contributed by atoms with Crippen molar-refractivity contribution in [3.8, 4) is 0 Å². The Morgan fingerprint density at radius 3 is 0.708 bits per heavy atom. The first-order chi connectivity index (χ1) is 32.0. The van der Waals surface area contributed by atoms with E-state index in [4.69, 9.17) is 4.98 Å². The molecule has 1 saturated carbocycles. The Morgan fingerprint density at radius 1 is 0.333 bits per heavy atom. The Balaban J connectivity index is 0.000000504. The molecule has 0 spiro atoms. The van der Waals surface area contributed by atoms with Crippen molar-refractivity contribution in [3.05, 3.63) is 135 Å². The maximum atomic E-state index is 16.4. The van der Waals surface area contributed by atoms with Crippen molar-refractivity contribution in [1.29, 1.82) is 0 Å². The molecular weight excluding hydrogens is 1060 g/mol. The van der Waals surface area contributed by atoms with Crippen LogP contribution in [0.25, 0.3) is 37.3 Å². The van der Waals surface area contributed by atoms with Crippen LogP contribution in [-0.2, 0) is 21.7 Å². The second kappa shape index (κ2) is 20.0. The maximum Gasteiger partial charge on any atom is 4.00 e. The average Bonchev–Trinajstić information content (AvgIpc) is 3.46. The standard InChI is InChI=1S/C31H3BF21.C15H32NSi.CH3.Ti/c1-32(8-11(33)2-5(14(36)23(8)45)20(42)29(51)26(48)17(2)39,9-12(34)3-6(15(37)24(9)46)21(43)30(52)27(49)18(3)40)10-13(35)4-7(16(38)25(10)47)22(44)31(53)28(50)19(4)41;1-10-11(2)13(4)14(12(10)3)17(8,9)16-15(5,6)7;;/h1H3;10-14H,1-9H3;1H3;/q3*-1;+4. The van der Waals surface area contributed by atoms with Crippen molar-refractivity contribution in [2.75, 3.05) is 0 Å². The Hall–Kier alpha value is -4.41. The molecule has 72 heavy (non-hydrogen) atoms. The summed E-state index contributed by atoms with van der Waals surface area (Å²) in [6.45, 7) is 21.1. The van der Waals surface area contributed by atoms with Crippen molar-refractivity contribution >= 4 is 63.1 Å². The van der Waals surface area contributed by atoms with Gasteiger partial charge in [0.2, 0.25) is 0 Å². The molecule has 1 nitrogen and oxygen atoms in total. The zero-order chi connectivity index (χ0) is 53.4. The normalized spacial score (nSPS) is 18.5. The number of fused-ring (bicyclic) bond motifs is 3. The van der Waals surface area contributed by atoms with Crippen molar-refractivity contribution < 1.29 is 114 Å². The van der Waals surface area contributed by atoms with Crippen LogP contribution in [0.4, 0.5) is 92.2 Å². The van der Waals surface area contributed by atoms with E-state index in [0.29, 0.717) is 0 Å². The van der Waals surface area contributed by atoms with E-state index in [1.807, 2.05) is 0 Å². The Kier molecular flexibility index (Phi) is 16.7. The van der Waals surface area contributed by atoms with Gasteiger partial charge in [0.05, 0.1) is 32.3 Å². The van der Waals surface area contributed by atoms with Gasteiger partial charge in [-0.1, -0.05) is 75.3 Å². The number of nitrogens with zero attached hydrogens (tertiary/aromatic N) is 1. The molecule has 0 aliphatic heterocycles. The third-order valence-electron chi connectivity index (χ3n) is 13.9. The molecule has 4 atom stereocenters. The van der Waals surface area contributed by atoms with E-state index in [9.17, 15) is 52.7 Å². The predicted octanol–water partition coefficient (Wildman–Crippen LogP) is 14.9. The van der Waals surface area contributed by atoms with Crippen LogP contribution in [0, 0.1) is 153 Å². The average molecular weight is 1100 g/mol. The molecule has 7 rings (SSSR count).